The van der Waals surface area contributed by atoms with E-state index in [2.05, 4.69) is 20.2 Å². The Morgan fingerprint density at radius 2 is 1.86 bits per heavy atom. The third-order valence-corrected chi connectivity index (χ3v) is 3.34. The molecule has 22 heavy (non-hydrogen) atoms. The number of imidazole rings is 1. The van der Waals surface area contributed by atoms with Crippen molar-refractivity contribution >= 4 is 22.9 Å². The Hall–Kier alpha value is -2.66. The quantitative estimate of drug-likeness (QED) is 0.778. The summed E-state index contributed by atoms with van der Waals surface area (Å²) in [6.45, 7) is 0.853. The van der Waals surface area contributed by atoms with Gasteiger partial charge in [-0.2, -0.15) is 0 Å². The van der Waals surface area contributed by atoms with Gasteiger partial charge in [-0.15, -0.1) is 0 Å². The van der Waals surface area contributed by atoms with Gasteiger partial charge in [-0.1, -0.05) is 24.3 Å². The number of amides is 1. The van der Waals surface area contributed by atoms with Crippen LogP contribution in [-0.4, -0.2) is 34.9 Å². The maximum absolute atomic E-state index is 12.2. The summed E-state index contributed by atoms with van der Waals surface area (Å²) >= 11 is 0. The number of benzene rings is 2. The molecule has 3 rings (SSSR count). The molecular weight excluding hydrogens is 276 g/mol. The van der Waals surface area contributed by atoms with Crippen LogP contribution in [0.15, 0.2) is 48.5 Å². The van der Waals surface area contributed by atoms with Crippen LogP contribution in [0.3, 0.4) is 0 Å². The molecule has 1 aromatic heterocycles. The molecular formula is C17H18N4O. The summed E-state index contributed by atoms with van der Waals surface area (Å²) in [5.74, 6) is 0.291. The smallest absolute Gasteiger partial charge is 0.257 e. The largest absolute Gasteiger partial charge is 0.324 e. The third-order valence-electron chi connectivity index (χ3n) is 3.34. The number of aromatic amines is 1. The average molecular weight is 294 g/mol. The second-order valence-corrected chi connectivity index (χ2v) is 5.49. The lowest BCUT2D eigenvalue weighted by Gasteiger charge is -2.09. The van der Waals surface area contributed by atoms with Crippen molar-refractivity contribution in [3.05, 3.63) is 59.7 Å². The molecule has 0 saturated heterocycles. The summed E-state index contributed by atoms with van der Waals surface area (Å²) < 4.78 is 0. The molecule has 0 radical (unpaired) electrons. The Balaban J connectivity index is 1.73. The van der Waals surface area contributed by atoms with Gasteiger partial charge in [0.15, 0.2) is 0 Å². The minimum atomic E-state index is -0.171. The van der Waals surface area contributed by atoms with Crippen molar-refractivity contribution in [2.24, 2.45) is 0 Å². The predicted molar refractivity (Wildman–Crippen MR) is 87.9 cm³/mol. The van der Waals surface area contributed by atoms with Crippen molar-refractivity contribution in [2.45, 2.75) is 6.54 Å². The van der Waals surface area contributed by atoms with E-state index in [0.717, 1.165) is 17.6 Å². The molecule has 2 aromatic carbocycles. The Labute approximate surface area is 129 Å². The zero-order valence-corrected chi connectivity index (χ0v) is 12.6. The van der Waals surface area contributed by atoms with Crippen molar-refractivity contribution in [1.82, 2.24) is 14.9 Å². The maximum Gasteiger partial charge on any atom is 0.257 e. The number of hydrogen-bond acceptors (Lipinski definition) is 3. The van der Waals surface area contributed by atoms with Gasteiger partial charge in [0.05, 0.1) is 11.0 Å². The van der Waals surface area contributed by atoms with E-state index in [1.807, 2.05) is 62.6 Å². The van der Waals surface area contributed by atoms with E-state index in [-0.39, 0.29) is 5.91 Å². The predicted octanol–water partition coefficient (Wildman–Crippen LogP) is 2.88. The van der Waals surface area contributed by atoms with Crippen LogP contribution in [0.1, 0.15) is 15.9 Å². The van der Waals surface area contributed by atoms with Crippen LogP contribution >= 0.6 is 0 Å². The molecule has 5 heteroatoms. The zero-order chi connectivity index (χ0) is 15.5. The second kappa shape index (κ2) is 5.99. The van der Waals surface area contributed by atoms with E-state index in [1.54, 1.807) is 0 Å². The first-order valence-corrected chi connectivity index (χ1v) is 7.11. The van der Waals surface area contributed by atoms with E-state index in [9.17, 15) is 4.79 Å². The topological polar surface area (TPSA) is 61.0 Å². The number of carbonyl (C=O) groups excluding carboxylic acids is 1. The minimum Gasteiger partial charge on any atom is -0.324 e. The third kappa shape index (κ3) is 3.15. The normalized spacial score (nSPS) is 11.0. The SMILES string of the molecule is CN(C)Cc1ccc(C(=O)Nc2nc3ccccc3[nH]2)cc1. The van der Waals surface area contributed by atoms with Gasteiger partial charge in [-0.25, -0.2) is 4.98 Å². The number of anilines is 1. The van der Waals surface area contributed by atoms with E-state index in [1.165, 1.54) is 5.56 Å². The van der Waals surface area contributed by atoms with E-state index >= 15 is 0 Å². The summed E-state index contributed by atoms with van der Waals surface area (Å²) in [5, 5.41) is 2.79. The fourth-order valence-electron chi connectivity index (χ4n) is 2.32. The molecule has 1 heterocycles. The van der Waals surface area contributed by atoms with E-state index in [0.29, 0.717) is 11.5 Å². The Kier molecular flexibility index (Phi) is 3.89. The van der Waals surface area contributed by atoms with Gasteiger partial charge in [-0.05, 0) is 43.9 Å². The highest BCUT2D eigenvalue weighted by atomic mass is 16.1. The number of aromatic nitrogens is 2. The molecule has 1 amide bonds. The molecule has 112 valence electrons. The first-order valence-electron chi connectivity index (χ1n) is 7.11. The summed E-state index contributed by atoms with van der Waals surface area (Å²) in [4.78, 5) is 21.8. The fraction of sp³-hybridized carbons (Fsp3) is 0.176. The van der Waals surface area contributed by atoms with Crippen molar-refractivity contribution < 1.29 is 4.79 Å². The molecule has 5 nitrogen and oxygen atoms in total. The molecule has 0 aliphatic rings. The van der Waals surface area contributed by atoms with Crippen molar-refractivity contribution in [3.8, 4) is 0 Å². The first kappa shape index (κ1) is 14.3. The van der Waals surface area contributed by atoms with Crippen LogP contribution in [0, 0.1) is 0 Å². The molecule has 0 unspecified atom stereocenters. The van der Waals surface area contributed by atoms with Crippen LogP contribution in [0.5, 0.6) is 0 Å². The van der Waals surface area contributed by atoms with Crippen molar-refractivity contribution in [3.63, 3.8) is 0 Å². The van der Waals surface area contributed by atoms with Gasteiger partial charge in [0, 0.05) is 12.1 Å². The monoisotopic (exact) mass is 294 g/mol. The van der Waals surface area contributed by atoms with Crippen molar-refractivity contribution in [1.29, 1.82) is 0 Å². The zero-order valence-electron chi connectivity index (χ0n) is 12.6. The molecule has 0 saturated carbocycles. The van der Waals surface area contributed by atoms with E-state index in [4.69, 9.17) is 0 Å². The van der Waals surface area contributed by atoms with Gasteiger partial charge >= 0.3 is 0 Å². The van der Waals surface area contributed by atoms with Crippen LogP contribution in [0.4, 0.5) is 5.95 Å². The summed E-state index contributed by atoms with van der Waals surface area (Å²) in [5.41, 5.74) is 3.52. The number of hydrogen-bond donors (Lipinski definition) is 2. The number of carbonyl (C=O) groups is 1. The Bertz CT molecular complexity index is 757. The lowest BCUT2D eigenvalue weighted by Crippen LogP contribution is -2.14. The van der Waals surface area contributed by atoms with Crippen LogP contribution in [0.25, 0.3) is 11.0 Å². The number of fused-ring (bicyclic) bond motifs is 1. The Morgan fingerprint density at radius 3 is 2.55 bits per heavy atom. The standard InChI is InChI=1S/C17H18N4O/c1-21(2)11-12-7-9-13(10-8-12)16(22)20-17-18-14-5-3-4-6-15(14)19-17/h3-10H,11H2,1-2H3,(H2,18,19,20,22). The molecule has 0 spiro atoms. The second-order valence-electron chi connectivity index (χ2n) is 5.49. The van der Waals surface area contributed by atoms with Gasteiger partial charge in [0.25, 0.3) is 5.91 Å². The molecule has 0 atom stereocenters. The first-order chi connectivity index (χ1) is 10.6. The molecule has 2 N–H and O–H groups in total. The minimum absolute atomic E-state index is 0.171. The van der Waals surface area contributed by atoms with E-state index < -0.39 is 0 Å². The average Bonchev–Trinajstić information content (AvgIpc) is 2.89. The number of nitrogens with zero attached hydrogens (tertiary/aromatic N) is 2. The highest BCUT2D eigenvalue weighted by molar-refractivity contribution is 6.03. The highest BCUT2D eigenvalue weighted by Crippen LogP contribution is 2.14. The maximum atomic E-state index is 12.2. The molecule has 0 aliphatic heterocycles. The van der Waals surface area contributed by atoms with Crippen LogP contribution in [-0.2, 0) is 6.54 Å². The van der Waals surface area contributed by atoms with Crippen LogP contribution in [0.2, 0.25) is 0 Å². The van der Waals surface area contributed by atoms with Crippen LogP contribution < -0.4 is 5.32 Å². The number of rotatable bonds is 4. The van der Waals surface area contributed by atoms with Crippen molar-refractivity contribution in [2.75, 3.05) is 19.4 Å². The Morgan fingerprint density at radius 1 is 1.14 bits per heavy atom. The molecule has 0 bridgehead atoms. The van der Waals surface area contributed by atoms with Gasteiger partial charge in [0.1, 0.15) is 0 Å². The number of H-pyrrole nitrogens is 1. The summed E-state index contributed by atoms with van der Waals surface area (Å²) in [6, 6.07) is 15.3. The summed E-state index contributed by atoms with van der Waals surface area (Å²) in [6.07, 6.45) is 0. The molecule has 3 aromatic rings. The molecule has 0 aliphatic carbocycles. The highest BCUT2D eigenvalue weighted by Gasteiger charge is 2.09. The summed E-state index contributed by atoms with van der Waals surface area (Å²) in [7, 11) is 4.03. The number of para-hydroxylation sites is 2. The van der Waals surface area contributed by atoms with Gasteiger partial charge < -0.3 is 9.88 Å². The van der Waals surface area contributed by atoms with Gasteiger partial charge in [0.2, 0.25) is 5.95 Å². The van der Waals surface area contributed by atoms with Gasteiger partial charge in [-0.3, -0.25) is 10.1 Å². The fourth-order valence-corrected chi connectivity index (χ4v) is 2.32. The lowest BCUT2D eigenvalue weighted by atomic mass is 10.1. The lowest BCUT2D eigenvalue weighted by molar-refractivity contribution is 0.102. The number of nitrogens with one attached hydrogen (secondary N) is 2. The molecule has 0 fully saturated rings.